The van der Waals surface area contributed by atoms with Gasteiger partial charge in [-0.05, 0) is 42.0 Å². The summed E-state index contributed by atoms with van der Waals surface area (Å²) in [5.74, 6) is 0.216. The number of nitrogens with two attached hydrogens (primary N) is 1. The number of benzene rings is 1. The third-order valence-electron chi connectivity index (χ3n) is 4.95. The second-order valence-electron chi connectivity index (χ2n) is 6.68. The molecule has 5 heteroatoms. The van der Waals surface area contributed by atoms with Gasteiger partial charge >= 0.3 is 0 Å². The van der Waals surface area contributed by atoms with Crippen molar-refractivity contribution in [1.29, 1.82) is 0 Å². The highest BCUT2D eigenvalue weighted by Crippen LogP contribution is 2.44. The van der Waals surface area contributed by atoms with Crippen LogP contribution in [-0.4, -0.2) is 29.9 Å². The third-order valence-corrected chi connectivity index (χ3v) is 5.18. The maximum absolute atomic E-state index is 12.4. The van der Waals surface area contributed by atoms with E-state index in [9.17, 15) is 4.79 Å². The zero-order valence-electron chi connectivity index (χ0n) is 13.1. The van der Waals surface area contributed by atoms with Crippen molar-refractivity contribution < 1.29 is 9.53 Å². The van der Waals surface area contributed by atoms with Gasteiger partial charge in [0.1, 0.15) is 0 Å². The molecule has 1 amide bonds. The van der Waals surface area contributed by atoms with Crippen LogP contribution in [0.4, 0.5) is 0 Å². The minimum absolute atomic E-state index is 0.0548. The Bertz CT molecular complexity index is 580. The molecule has 1 saturated heterocycles. The molecule has 22 heavy (non-hydrogen) atoms. The fraction of sp³-hybridized carbons (Fsp3) is 0.588. The molecule has 0 radical (unpaired) electrons. The predicted molar refractivity (Wildman–Crippen MR) is 86.5 cm³/mol. The van der Waals surface area contributed by atoms with Gasteiger partial charge in [-0.2, -0.15) is 0 Å². The van der Waals surface area contributed by atoms with Crippen molar-refractivity contribution in [2.24, 2.45) is 11.7 Å². The summed E-state index contributed by atoms with van der Waals surface area (Å²) in [6.07, 6.45) is 1.64. The molecule has 0 aliphatic carbocycles. The van der Waals surface area contributed by atoms with Gasteiger partial charge in [0.2, 0.25) is 5.91 Å². The van der Waals surface area contributed by atoms with E-state index in [4.69, 9.17) is 22.1 Å². The van der Waals surface area contributed by atoms with E-state index >= 15 is 0 Å². The molecule has 4 nitrogen and oxygen atoms in total. The fourth-order valence-corrected chi connectivity index (χ4v) is 3.61. The van der Waals surface area contributed by atoms with Gasteiger partial charge in [-0.1, -0.05) is 31.5 Å². The van der Waals surface area contributed by atoms with Crippen LogP contribution < -0.4 is 5.73 Å². The van der Waals surface area contributed by atoms with Crippen LogP contribution >= 0.6 is 11.6 Å². The Morgan fingerprint density at radius 2 is 2.05 bits per heavy atom. The highest BCUT2D eigenvalue weighted by Gasteiger charge is 2.43. The van der Waals surface area contributed by atoms with Crippen LogP contribution in [0.1, 0.15) is 37.8 Å². The van der Waals surface area contributed by atoms with Crippen LogP contribution in [0.15, 0.2) is 18.2 Å². The molecule has 1 atom stereocenters. The Hall–Kier alpha value is -1.10. The monoisotopic (exact) mass is 322 g/mol. The van der Waals surface area contributed by atoms with Crippen molar-refractivity contribution >= 4 is 17.5 Å². The molecule has 2 aliphatic rings. The number of hydrogen-bond donors (Lipinski definition) is 1. The number of halogens is 1. The van der Waals surface area contributed by atoms with E-state index in [1.807, 2.05) is 30.9 Å². The third kappa shape index (κ3) is 2.64. The SMILES string of the molecule is CC(C)[C@@H](N)C(=O)N1CCC2(CC1)OCc1cc(Cl)ccc12. The zero-order valence-corrected chi connectivity index (χ0v) is 13.9. The summed E-state index contributed by atoms with van der Waals surface area (Å²) in [4.78, 5) is 14.3. The zero-order chi connectivity index (χ0) is 15.9. The number of likely N-dealkylation sites (tertiary alicyclic amines) is 1. The van der Waals surface area contributed by atoms with E-state index in [-0.39, 0.29) is 17.4 Å². The van der Waals surface area contributed by atoms with Crippen LogP contribution in [0.5, 0.6) is 0 Å². The van der Waals surface area contributed by atoms with Crippen molar-refractivity contribution in [3.8, 4) is 0 Å². The molecule has 2 N–H and O–H groups in total. The molecule has 3 rings (SSSR count). The highest BCUT2D eigenvalue weighted by atomic mass is 35.5. The molecule has 2 heterocycles. The topological polar surface area (TPSA) is 55.6 Å². The van der Waals surface area contributed by atoms with E-state index < -0.39 is 6.04 Å². The number of ether oxygens (including phenoxy) is 1. The first-order valence-electron chi connectivity index (χ1n) is 7.90. The smallest absolute Gasteiger partial charge is 0.239 e. The number of nitrogens with zero attached hydrogens (tertiary/aromatic N) is 1. The van der Waals surface area contributed by atoms with E-state index in [0.29, 0.717) is 19.7 Å². The first-order chi connectivity index (χ1) is 10.4. The van der Waals surface area contributed by atoms with Gasteiger partial charge < -0.3 is 15.4 Å². The van der Waals surface area contributed by atoms with Crippen molar-refractivity contribution in [3.63, 3.8) is 0 Å². The second-order valence-corrected chi connectivity index (χ2v) is 7.12. The maximum atomic E-state index is 12.4. The number of carbonyl (C=O) groups excluding carboxylic acids is 1. The van der Waals surface area contributed by atoms with Crippen molar-refractivity contribution in [3.05, 3.63) is 34.3 Å². The molecule has 120 valence electrons. The molecule has 0 aromatic heterocycles. The fourth-order valence-electron chi connectivity index (χ4n) is 3.42. The minimum Gasteiger partial charge on any atom is -0.365 e. The summed E-state index contributed by atoms with van der Waals surface area (Å²) in [5, 5.41) is 0.745. The number of amides is 1. The summed E-state index contributed by atoms with van der Waals surface area (Å²) >= 11 is 6.06. The Balaban J connectivity index is 1.72. The van der Waals surface area contributed by atoms with Crippen molar-refractivity contribution in [2.45, 2.75) is 44.9 Å². The number of fused-ring (bicyclic) bond motifs is 2. The lowest BCUT2D eigenvalue weighted by atomic mass is 9.83. The van der Waals surface area contributed by atoms with Crippen LogP contribution in [-0.2, 0) is 21.7 Å². The van der Waals surface area contributed by atoms with Gasteiger partial charge in [-0.3, -0.25) is 4.79 Å². The van der Waals surface area contributed by atoms with Crippen molar-refractivity contribution in [1.82, 2.24) is 4.90 Å². The predicted octanol–water partition coefficient (Wildman–Crippen LogP) is 2.67. The molecule has 1 fully saturated rings. The first-order valence-corrected chi connectivity index (χ1v) is 8.28. The Labute approximate surface area is 136 Å². The van der Waals surface area contributed by atoms with Crippen LogP contribution in [0, 0.1) is 5.92 Å². The van der Waals surface area contributed by atoms with Crippen LogP contribution in [0.3, 0.4) is 0 Å². The van der Waals surface area contributed by atoms with Gasteiger partial charge in [0.25, 0.3) is 0 Å². The number of carbonyl (C=O) groups is 1. The molecule has 1 aromatic rings. The van der Waals surface area contributed by atoms with E-state index in [0.717, 1.165) is 17.9 Å². The largest absolute Gasteiger partial charge is 0.365 e. The van der Waals surface area contributed by atoms with Gasteiger partial charge in [0.15, 0.2) is 0 Å². The van der Waals surface area contributed by atoms with E-state index in [1.165, 1.54) is 11.1 Å². The summed E-state index contributed by atoms with van der Waals surface area (Å²) in [7, 11) is 0. The van der Waals surface area contributed by atoms with E-state index in [2.05, 4.69) is 6.07 Å². The molecule has 1 aromatic carbocycles. The lowest BCUT2D eigenvalue weighted by Gasteiger charge is -2.40. The Morgan fingerprint density at radius 1 is 1.36 bits per heavy atom. The summed E-state index contributed by atoms with van der Waals surface area (Å²) in [5.41, 5.74) is 8.15. The first kappa shape index (κ1) is 15.8. The summed E-state index contributed by atoms with van der Waals surface area (Å²) in [6.45, 7) is 5.96. The molecule has 2 aliphatic heterocycles. The van der Waals surface area contributed by atoms with E-state index in [1.54, 1.807) is 0 Å². The minimum atomic E-state index is -0.412. The standard InChI is InChI=1S/C17H23ClN2O2/c1-11(2)15(19)16(21)20-7-5-17(6-8-20)14-4-3-13(18)9-12(14)10-22-17/h3-4,9,11,15H,5-8,10,19H2,1-2H3/t15-/m1/s1. The van der Waals surface area contributed by atoms with Gasteiger partial charge in [-0.15, -0.1) is 0 Å². The molecule has 0 unspecified atom stereocenters. The molecule has 0 bridgehead atoms. The van der Waals surface area contributed by atoms with Crippen LogP contribution in [0.2, 0.25) is 5.02 Å². The summed E-state index contributed by atoms with van der Waals surface area (Å²) < 4.78 is 6.12. The second kappa shape index (κ2) is 5.84. The number of hydrogen-bond acceptors (Lipinski definition) is 3. The van der Waals surface area contributed by atoms with Crippen LogP contribution in [0.25, 0.3) is 0 Å². The number of rotatable bonds is 2. The summed E-state index contributed by atoms with van der Waals surface area (Å²) in [6, 6.07) is 5.56. The number of piperidine rings is 1. The Morgan fingerprint density at radius 3 is 2.68 bits per heavy atom. The molecular weight excluding hydrogens is 300 g/mol. The molecule has 0 saturated carbocycles. The van der Waals surface area contributed by atoms with Gasteiger partial charge in [0, 0.05) is 18.1 Å². The normalized spacial score (nSPS) is 21.2. The highest BCUT2D eigenvalue weighted by molar-refractivity contribution is 6.30. The Kier molecular flexibility index (Phi) is 4.19. The molecular formula is C17H23ClN2O2. The quantitative estimate of drug-likeness (QED) is 0.910. The lowest BCUT2D eigenvalue weighted by molar-refractivity contribution is -0.140. The average molecular weight is 323 g/mol. The average Bonchev–Trinajstić information content (AvgIpc) is 2.84. The lowest BCUT2D eigenvalue weighted by Crippen LogP contribution is -2.51. The van der Waals surface area contributed by atoms with Gasteiger partial charge in [0.05, 0.1) is 18.2 Å². The maximum Gasteiger partial charge on any atom is 0.239 e. The van der Waals surface area contributed by atoms with Crippen molar-refractivity contribution in [2.75, 3.05) is 13.1 Å². The van der Waals surface area contributed by atoms with Gasteiger partial charge in [-0.25, -0.2) is 0 Å². The molecule has 1 spiro atoms.